The molecule has 1 aliphatic heterocycles. The van der Waals surface area contributed by atoms with E-state index in [0.717, 1.165) is 36.4 Å². The molecule has 1 heterocycles. The van der Waals surface area contributed by atoms with Gasteiger partial charge in [-0.1, -0.05) is 73.5 Å². The fraction of sp³-hybridized carbons (Fsp3) is 0.345. The Morgan fingerprint density at radius 2 is 1.55 bits per heavy atom. The highest BCUT2D eigenvalue weighted by Gasteiger charge is 2.44. The first-order valence-electron chi connectivity index (χ1n) is 11.3. The first-order valence-corrected chi connectivity index (χ1v) is 11.3. The topological polar surface area (TPSA) is 26.3 Å². The van der Waals surface area contributed by atoms with E-state index in [-0.39, 0.29) is 17.1 Å². The van der Waals surface area contributed by atoms with Gasteiger partial charge in [-0.25, -0.2) is 0 Å². The number of aryl methyl sites for hydroxylation is 2. The molecule has 0 aromatic heterocycles. The molecule has 2 nitrogen and oxygen atoms in total. The molecule has 2 heteroatoms. The lowest BCUT2D eigenvalue weighted by Crippen LogP contribution is -2.32. The maximum atomic E-state index is 13.3. The van der Waals surface area contributed by atoms with Gasteiger partial charge in [0.15, 0.2) is 5.78 Å². The summed E-state index contributed by atoms with van der Waals surface area (Å²) in [5, 5.41) is 0. The van der Waals surface area contributed by atoms with Gasteiger partial charge in [-0.05, 0) is 60.5 Å². The van der Waals surface area contributed by atoms with E-state index in [1.54, 1.807) is 0 Å². The molecule has 31 heavy (non-hydrogen) atoms. The van der Waals surface area contributed by atoms with E-state index >= 15 is 0 Å². The van der Waals surface area contributed by atoms with E-state index in [1.165, 1.54) is 33.4 Å². The van der Waals surface area contributed by atoms with Crippen LogP contribution in [0.3, 0.4) is 0 Å². The number of hydrogen-bond donors (Lipinski definition) is 0. The molecular formula is C29H30O2. The van der Waals surface area contributed by atoms with Crippen molar-refractivity contribution in [3.05, 3.63) is 99.0 Å². The van der Waals surface area contributed by atoms with E-state index < -0.39 is 0 Å². The first kappa shape index (κ1) is 20.1. The van der Waals surface area contributed by atoms with Crippen molar-refractivity contribution in [2.75, 3.05) is 0 Å². The van der Waals surface area contributed by atoms with Crippen molar-refractivity contribution in [3.63, 3.8) is 0 Å². The lowest BCUT2D eigenvalue weighted by atomic mass is 9.70. The highest BCUT2D eigenvalue weighted by atomic mass is 16.5. The fourth-order valence-corrected chi connectivity index (χ4v) is 5.23. The summed E-state index contributed by atoms with van der Waals surface area (Å²) in [5.41, 5.74) is 8.26. The highest BCUT2D eigenvalue weighted by molar-refractivity contribution is 6.00. The minimum absolute atomic E-state index is 0.0202. The van der Waals surface area contributed by atoms with Gasteiger partial charge in [-0.15, -0.1) is 0 Å². The maximum absolute atomic E-state index is 13.3. The third-order valence-electron chi connectivity index (χ3n) is 6.82. The Hall–Kier alpha value is -2.87. The third-order valence-corrected chi connectivity index (χ3v) is 6.82. The average molecular weight is 411 g/mol. The number of ether oxygens (including phenoxy) is 1. The largest absolute Gasteiger partial charge is 0.461 e. The normalized spacial score (nSPS) is 23.7. The number of carbonyl (C=O) groups excluding carboxylic acids is 1. The zero-order valence-corrected chi connectivity index (χ0v) is 18.9. The fourth-order valence-electron chi connectivity index (χ4n) is 5.23. The van der Waals surface area contributed by atoms with E-state index in [2.05, 4.69) is 82.3 Å². The SMILES string of the molecule is Cc1ccc(/C=C2\CCC3=C2OC2=C(C(=O)CC(C)(C)C2)C3c2ccc(C)cc2)cc1. The average Bonchev–Trinajstić information content (AvgIpc) is 3.10. The second-order valence-corrected chi connectivity index (χ2v) is 10.2. The van der Waals surface area contributed by atoms with Crippen LogP contribution in [-0.2, 0) is 9.53 Å². The Labute approximate surface area is 185 Å². The molecule has 0 amide bonds. The zero-order chi connectivity index (χ0) is 21.8. The molecule has 2 aliphatic carbocycles. The smallest absolute Gasteiger partial charge is 0.163 e. The van der Waals surface area contributed by atoms with Crippen LogP contribution in [0.2, 0.25) is 0 Å². The van der Waals surface area contributed by atoms with Gasteiger partial charge >= 0.3 is 0 Å². The molecule has 3 aliphatic rings. The molecule has 2 aromatic carbocycles. The number of carbonyl (C=O) groups is 1. The zero-order valence-electron chi connectivity index (χ0n) is 18.9. The number of ketones is 1. The van der Waals surface area contributed by atoms with Crippen LogP contribution in [0.15, 0.2) is 76.8 Å². The van der Waals surface area contributed by atoms with E-state index in [1.807, 2.05) is 0 Å². The molecule has 158 valence electrons. The van der Waals surface area contributed by atoms with Crippen molar-refractivity contribution < 1.29 is 9.53 Å². The molecule has 0 fully saturated rings. The van der Waals surface area contributed by atoms with Crippen LogP contribution in [0, 0.1) is 19.3 Å². The monoisotopic (exact) mass is 410 g/mol. The predicted octanol–water partition coefficient (Wildman–Crippen LogP) is 7.19. The quantitative estimate of drug-likeness (QED) is 0.523. The van der Waals surface area contributed by atoms with Crippen LogP contribution in [0.1, 0.15) is 67.7 Å². The highest BCUT2D eigenvalue weighted by Crippen LogP contribution is 2.53. The standard InChI is InChI=1S/C29H30O2/c1-18-5-9-20(10-6-18)15-22-13-14-23-26(21-11-7-19(2)8-12-21)27-24(30)16-29(3,4)17-25(27)31-28(22)23/h5-12,15,26H,13-14,16-17H2,1-4H3/b22-15+. The number of Topliss-reactive ketones (excluding diaryl/α,β-unsaturated/α-hetero) is 1. The summed E-state index contributed by atoms with van der Waals surface area (Å²) in [6.07, 6.45) is 5.56. The summed E-state index contributed by atoms with van der Waals surface area (Å²) in [5.74, 6) is 2.17. The molecule has 0 bridgehead atoms. The predicted molar refractivity (Wildman–Crippen MR) is 125 cm³/mol. The molecule has 0 radical (unpaired) electrons. The van der Waals surface area contributed by atoms with Gasteiger partial charge in [-0.2, -0.15) is 0 Å². The van der Waals surface area contributed by atoms with Gasteiger partial charge < -0.3 is 4.74 Å². The lowest BCUT2D eigenvalue weighted by Gasteiger charge is -2.38. The molecule has 0 saturated carbocycles. The van der Waals surface area contributed by atoms with Crippen LogP contribution in [0.4, 0.5) is 0 Å². The second kappa shape index (κ2) is 7.37. The van der Waals surface area contributed by atoms with Crippen molar-refractivity contribution in [1.29, 1.82) is 0 Å². The van der Waals surface area contributed by atoms with Crippen LogP contribution >= 0.6 is 0 Å². The summed E-state index contributed by atoms with van der Waals surface area (Å²) >= 11 is 0. The summed E-state index contributed by atoms with van der Waals surface area (Å²) in [6.45, 7) is 8.55. The minimum atomic E-state index is -0.0642. The summed E-state index contributed by atoms with van der Waals surface area (Å²) in [6, 6.07) is 17.3. The van der Waals surface area contributed by atoms with E-state index in [4.69, 9.17) is 4.74 Å². The molecule has 0 saturated heterocycles. The minimum Gasteiger partial charge on any atom is -0.461 e. The molecular weight excluding hydrogens is 380 g/mol. The summed E-state index contributed by atoms with van der Waals surface area (Å²) < 4.78 is 6.57. The van der Waals surface area contributed by atoms with Crippen molar-refractivity contribution >= 4 is 11.9 Å². The van der Waals surface area contributed by atoms with Gasteiger partial charge in [0, 0.05) is 24.3 Å². The summed E-state index contributed by atoms with van der Waals surface area (Å²) in [7, 11) is 0. The molecule has 1 unspecified atom stereocenters. The third kappa shape index (κ3) is 3.69. The Kier molecular flexibility index (Phi) is 4.77. The van der Waals surface area contributed by atoms with Crippen molar-refractivity contribution in [2.24, 2.45) is 5.41 Å². The lowest BCUT2D eigenvalue weighted by molar-refractivity contribution is -0.119. The number of rotatable bonds is 2. The van der Waals surface area contributed by atoms with E-state index in [0.29, 0.717) is 6.42 Å². The van der Waals surface area contributed by atoms with E-state index in [9.17, 15) is 4.79 Å². The van der Waals surface area contributed by atoms with Crippen molar-refractivity contribution in [3.8, 4) is 0 Å². The number of benzene rings is 2. The Balaban J connectivity index is 1.63. The molecule has 0 spiro atoms. The number of allylic oxidation sites excluding steroid dienone is 4. The molecule has 2 aromatic rings. The van der Waals surface area contributed by atoms with Crippen LogP contribution in [0.5, 0.6) is 0 Å². The van der Waals surface area contributed by atoms with Crippen LogP contribution in [-0.4, -0.2) is 5.78 Å². The van der Waals surface area contributed by atoms with Gasteiger partial charge in [0.1, 0.15) is 11.5 Å². The second-order valence-electron chi connectivity index (χ2n) is 10.2. The molecule has 1 atom stereocenters. The molecule has 0 N–H and O–H groups in total. The molecule has 5 rings (SSSR count). The first-order chi connectivity index (χ1) is 14.8. The van der Waals surface area contributed by atoms with Gasteiger partial charge in [-0.3, -0.25) is 4.79 Å². The van der Waals surface area contributed by atoms with Crippen LogP contribution < -0.4 is 0 Å². The van der Waals surface area contributed by atoms with Gasteiger partial charge in [0.2, 0.25) is 0 Å². The van der Waals surface area contributed by atoms with Gasteiger partial charge in [0.25, 0.3) is 0 Å². The van der Waals surface area contributed by atoms with Crippen molar-refractivity contribution in [2.45, 2.75) is 59.3 Å². The van der Waals surface area contributed by atoms with Crippen LogP contribution in [0.25, 0.3) is 6.08 Å². The summed E-state index contributed by atoms with van der Waals surface area (Å²) in [4.78, 5) is 13.3. The Bertz CT molecular complexity index is 1140. The Morgan fingerprint density at radius 3 is 2.23 bits per heavy atom. The van der Waals surface area contributed by atoms with Gasteiger partial charge in [0.05, 0.1) is 0 Å². The number of hydrogen-bond acceptors (Lipinski definition) is 2. The van der Waals surface area contributed by atoms with Crippen molar-refractivity contribution in [1.82, 2.24) is 0 Å². The Morgan fingerprint density at radius 1 is 0.903 bits per heavy atom. The maximum Gasteiger partial charge on any atom is 0.163 e.